The maximum Gasteiger partial charge on any atom is 0.263 e. The van der Waals surface area contributed by atoms with E-state index in [9.17, 15) is 4.39 Å². The van der Waals surface area contributed by atoms with Crippen molar-refractivity contribution in [3.8, 4) is 0 Å². The first-order valence-electron chi connectivity index (χ1n) is 7.83. The van der Waals surface area contributed by atoms with Crippen LogP contribution < -0.4 is 0 Å². The van der Waals surface area contributed by atoms with E-state index in [2.05, 4.69) is 10.1 Å². The number of halogens is 1. The van der Waals surface area contributed by atoms with Crippen molar-refractivity contribution in [1.82, 2.24) is 10.1 Å². The van der Waals surface area contributed by atoms with Crippen molar-refractivity contribution in [2.45, 2.75) is 31.0 Å². The monoisotopic (exact) mass is 336 g/mol. The maximum absolute atomic E-state index is 14.2. The van der Waals surface area contributed by atoms with Gasteiger partial charge in [0.2, 0.25) is 5.82 Å². The van der Waals surface area contributed by atoms with Gasteiger partial charge in [0.1, 0.15) is 11.4 Å². The highest BCUT2D eigenvalue weighted by atomic mass is 19.1. The van der Waals surface area contributed by atoms with Gasteiger partial charge in [-0.25, -0.2) is 4.39 Å². The third-order valence-corrected chi connectivity index (χ3v) is 4.73. The van der Waals surface area contributed by atoms with E-state index >= 15 is 0 Å². The normalized spacial score (nSPS) is 19.8. The van der Waals surface area contributed by atoms with Crippen molar-refractivity contribution >= 4 is 0 Å². The lowest BCUT2D eigenvalue weighted by atomic mass is 9.92. The van der Waals surface area contributed by atoms with Crippen LogP contribution in [0, 0.1) is 5.82 Å². The smallest absolute Gasteiger partial charge is 0.263 e. The van der Waals surface area contributed by atoms with Crippen LogP contribution in [-0.4, -0.2) is 37.6 Å². The fraction of sp³-hybridized carbons (Fsp3) is 0.529. The van der Waals surface area contributed by atoms with Crippen LogP contribution >= 0.6 is 0 Å². The Hall–Kier alpha value is -1.83. The summed E-state index contributed by atoms with van der Waals surface area (Å²) in [6, 6.07) is 6.38. The van der Waals surface area contributed by atoms with Gasteiger partial charge in [-0.15, -0.1) is 0 Å². The Kier molecular flexibility index (Phi) is 4.67. The summed E-state index contributed by atoms with van der Waals surface area (Å²) < 4.78 is 36.3. The predicted molar refractivity (Wildman–Crippen MR) is 82.9 cm³/mol. The van der Waals surface area contributed by atoms with Crippen LogP contribution in [-0.2, 0) is 25.4 Å². The van der Waals surface area contributed by atoms with Crippen LogP contribution in [0.25, 0.3) is 0 Å². The molecule has 1 atom stereocenters. The number of nitrogens with zero attached hydrogens (tertiary/aromatic N) is 2. The molecule has 1 saturated heterocycles. The Morgan fingerprint density at radius 2 is 1.92 bits per heavy atom. The van der Waals surface area contributed by atoms with Gasteiger partial charge in [-0.05, 0) is 13.0 Å². The highest BCUT2D eigenvalue weighted by Crippen LogP contribution is 2.37. The second-order valence-corrected chi connectivity index (χ2v) is 5.95. The fourth-order valence-electron chi connectivity index (χ4n) is 2.98. The topological polar surface area (TPSA) is 66.6 Å². The van der Waals surface area contributed by atoms with E-state index in [1.165, 1.54) is 13.2 Å². The van der Waals surface area contributed by atoms with Crippen LogP contribution in [0.2, 0.25) is 0 Å². The molecule has 1 aromatic carbocycles. The number of methoxy groups -OCH3 is 2. The number of ether oxygens (including phenoxy) is 3. The molecule has 3 rings (SSSR count). The van der Waals surface area contributed by atoms with E-state index in [1.54, 1.807) is 32.2 Å². The molecule has 0 N–H and O–H groups in total. The number of aromatic nitrogens is 2. The van der Waals surface area contributed by atoms with E-state index in [4.69, 9.17) is 18.7 Å². The van der Waals surface area contributed by atoms with E-state index in [-0.39, 0.29) is 5.89 Å². The molecule has 0 amide bonds. The Balaban J connectivity index is 2.00. The number of hydrogen-bond acceptors (Lipinski definition) is 6. The highest BCUT2D eigenvalue weighted by molar-refractivity contribution is 5.29. The standard InChI is InChI=1S/C17H21FN2O4/c1-16(21-2,12-6-4-5-7-13(12)18)15-19-14(20-24-15)17(22-3)8-10-23-11-9-17/h4-7H,8-11H2,1-3H3. The maximum atomic E-state index is 14.2. The molecular weight excluding hydrogens is 315 g/mol. The number of hydrogen-bond donors (Lipinski definition) is 0. The van der Waals surface area contributed by atoms with Crippen molar-refractivity contribution in [2.75, 3.05) is 27.4 Å². The lowest BCUT2D eigenvalue weighted by Crippen LogP contribution is -2.37. The largest absolute Gasteiger partial charge is 0.381 e. The molecule has 130 valence electrons. The zero-order valence-electron chi connectivity index (χ0n) is 14.0. The van der Waals surface area contributed by atoms with Gasteiger partial charge in [0, 0.05) is 45.8 Å². The molecule has 1 aliphatic rings. The van der Waals surface area contributed by atoms with Crippen LogP contribution in [0.15, 0.2) is 28.8 Å². The summed E-state index contributed by atoms with van der Waals surface area (Å²) in [6.45, 7) is 2.82. The summed E-state index contributed by atoms with van der Waals surface area (Å²) in [5.41, 5.74) is -1.50. The molecule has 1 fully saturated rings. The first-order chi connectivity index (χ1) is 11.6. The second kappa shape index (κ2) is 6.58. The summed E-state index contributed by atoms with van der Waals surface area (Å²) in [4.78, 5) is 4.49. The van der Waals surface area contributed by atoms with Crippen molar-refractivity contribution in [1.29, 1.82) is 0 Å². The molecule has 1 aromatic heterocycles. The molecule has 1 unspecified atom stereocenters. The molecule has 7 heteroatoms. The molecule has 0 spiro atoms. The van der Waals surface area contributed by atoms with Gasteiger partial charge in [-0.1, -0.05) is 23.4 Å². The summed E-state index contributed by atoms with van der Waals surface area (Å²) in [5, 5.41) is 4.08. The van der Waals surface area contributed by atoms with Gasteiger partial charge in [0.15, 0.2) is 5.60 Å². The predicted octanol–water partition coefficient (Wildman–Crippen LogP) is 2.77. The molecule has 2 heterocycles. The van der Waals surface area contributed by atoms with Crippen LogP contribution in [0.1, 0.15) is 37.0 Å². The Morgan fingerprint density at radius 1 is 1.21 bits per heavy atom. The summed E-state index contributed by atoms with van der Waals surface area (Å²) in [7, 11) is 3.10. The molecule has 0 bridgehead atoms. The third kappa shape index (κ3) is 2.72. The lowest BCUT2D eigenvalue weighted by Gasteiger charge is -2.32. The van der Waals surface area contributed by atoms with Gasteiger partial charge in [0.25, 0.3) is 5.89 Å². The zero-order valence-corrected chi connectivity index (χ0v) is 14.0. The van der Waals surface area contributed by atoms with Gasteiger partial charge >= 0.3 is 0 Å². The molecular formula is C17H21FN2O4. The minimum absolute atomic E-state index is 0.188. The minimum Gasteiger partial charge on any atom is -0.381 e. The molecule has 0 aliphatic carbocycles. The number of benzene rings is 1. The van der Waals surface area contributed by atoms with Crippen LogP contribution in [0.4, 0.5) is 4.39 Å². The lowest BCUT2D eigenvalue weighted by molar-refractivity contribution is -0.101. The Morgan fingerprint density at radius 3 is 2.54 bits per heavy atom. The molecule has 0 radical (unpaired) electrons. The quantitative estimate of drug-likeness (QED) is 0.836. The highest BCUT2D eigenvalue weighted by Gasteiger charge is 2.43. The van der Waals surface area contributed by atoms with Crippen LogP contribution in [0.3, 0.4) is 0 Å². The van der Waals surface area contributed by atoms with E-state index in [0.717, 1.165) is 0 Å². The second-order valence-electron chi connectivity index (χ2n) is 5.95. The Bertz CT molecular complexity index is 699. The fourth-order valence-corrected chi connectivity index (χ4v) is 2.98. The SMILES string of the molecule is COC1(c2noc(C(C)(OC)c3ccccc3F)n2)CCOCC1. The average molecular weight is 336 g/mol. The van der Waals surface area contributed by atoms with Crippen molar-refractivity contribution in [3.05, 3.63) is 47.4 Å². The zero-order chi connectivity index (χ0) is 17.2. The van der Waals surface area contributed by atoms with Crippen molar-refractivity contribution in [2.24, 2.45) is 0 Å². The molecule has 0 saturated carbocycles. The van der Waals surface area contributed by atoms with Crippen LogP contribution in [0.5, 0.6) is 0 Å². The average Bonchev–Trinajstić information content (AvgIpc) is 3.13. The summed E-state index contributed by atoms with van der Waals surface area (Å²) >= 11 is 0. The van der Waals surface area contributed by atoms with Crippen molar-refractivity contribution < 1.29 is 23.1 Å². The first-order valence-corrected chi connectivity index (χ1v) is 7.83. The molecule has 24 heavy (non-hydrogen) atoms. The molecule has 6 nitrogen and oxygen atoms in total. The Labute approximate surface area is 139 Å². The minimum atomic E-state index is -1.18. The van der Waals surface area contributed by atoms with E-state index in [1.807, 2.05) is 0 Å². The number of rotatable bonds is 5. The summed E-state index contributed by atoms with van der Waals surface area (Å²) in [5.74, 6) is 0.227. The van der Waals surface area contributed by atoms with E-state index in [0.29, 0.717) is 37.4 Å². The van der Waals surface area contributed by atoms with Gasteiger partial charge < -0.3 is 18.7 Å². The van der Waals surface area contributed by atoms with E-state index < -0.39 is 17.0 Å². The third-order valence-electron chi connectivity index (χ3n) is 4.73. The first kappa shape index (κ1) is 17.0. The molecule has 2 aromatic rings. The van der Waals surface area contributed by atoms with Crippen molar-refractivity contribution in [3.63, 3.8) is 0 Å². The molecule has 1 aliphatic heterocycles. The summed E-state index contributed by atoms with van der Waals surface area (Å²) in [6.07, 6.45) is 1.26. The van der Waals surface area contributed by atoms with Gasteiger partial charge in [-0.2, -0.15) is 4.98 Å². The van der Waals surface area contributed by atoms with Gasteiger partial charge in [-0.3, -0.25) is 0 Å². The van der Waals surface area contributed by atoms with Gasteiger partial charge in [0.05, 0.1) is 0 Å².